The van der Waals surface area contributed by atoms with Crippen molar-refractivity contribution in [2.75, 3.05) is 0 Å². The summed E-state index contributed by atoms with van der Waals surface area (Å²) in [6.45, 7) is 3.54. The van der Waals surface area contributed by atoms with Gasteiger partial charge in [0.05, 0.1) is 10.5 Å². The normalized spacial score (nSPS) is 10.8. The number of benzene rings is 1. The van der Waals surface area contributed by atoms with Gasteiger partial charge in [0.15, 0.2) is 0 Å². The Morgan fingerprint density at radius 3 is 2.64 bits per heavy atom. The second kappa shape index (κ2) is 3.10. The zero-order chi connectivity index (χ0) is 10.3. The summed E-state index contributed by atoms with van der Waals surface area (Å²) in [7, 11) is 0. The van der Waals surface area contributed by atoms with Crippen molar-refractivity contribution >= 4 is 22.5 Å². The molecule has 0 atom stereocenters. The van der Waals surface area contributed by atoms with Crippen molar-refractivity contribution in [3.63, 3.8) is 0 Å². The Bertz CT molecular complexity index is 511. The quantitative estimate of drug-likeness (QED) is 0.664. The minimum absolute atomic E-state index is 0.304. The molecule has 0 fully saturated rings. The maximum Gasteiger partial charge on any atom is 0.125 e. The van der Waals surface area contributed by atoms with E-state index in [4.69, 9.17) is 11.6 Å². The molecule has 0 aliphatic heterocycles. The Balaban J connectivity index is 2.95. The predicted molar refractivity (Wildman–Crippen MR) is 53.5 cm³/mol. The number of aromatic nitrogens is 2. The molecule has 0 N–H and O–H groups in total. The van der Waals surface area contributed by atoms with Gasteiger partial charge in [0.1, 0.15) is 5.82 Å². The summed E-state index contributed by atoms with van der Waals surface area (Å²) in [6.07, 6.45) is 0. The molecule has 0 amide bonds. The van der Waals surface area contributed by atoms with Gasteiger partial charge >= 0.3 is 0 Å². The van der Waals surface area contributed by atoms with Crippen molar-refractivity contribution in [3.05, 3.63) is 28.5 Å². The highest BCUT2D eigenvalue weighted by atomic mass is 35.5. The van der Waals surface area contributed by atoms with Crippen LogP contribution in [0.5, 0.6) is 5.88 Å². The minimum atomic E-state index is -0.304. The molecule has 0 unspecified atom stereocenters. The molecule has 4 heteroatoms. The van der Waals surface area contributed by atoms with Gasteiger partial charge in [-0.05, 0) is 25.5 Å². The highest BCUT2D eigenvalue weighted by Crippen LogP contribution is 2.29. The highest BCUT2D eigenvalue weighted by molar-refractivity contribution is 6.36. The first-order valence-corrected chi connectivity index (χ1v) is 4.58. The lowest BCUT2D eigenvalue weighted by Gasteiger charge is -2.12. The van der Waals surface area contributed by atoms with Crippen LogP contribution in [0.2, 0.25) is 5.02 Å². The molecule has 1 aromatic carbocycles. The summed E-state index contributed by atoms with van der Waals surface area (Å²) >= 11 is 6.00. The lowest BCUT2D eigenvalue weighted by molar-refractivity contribution is -0.272. The Hall–Kier alpha value is -1.35. The molecule has 0 spiro atoms. The van der Waals surface area contributed by atoms with E-state index in [1.165, 1.54) is 0 Å². The summed E-state index contributed by atoms with van der Waals surface area (Å²) in [4.78, 5) is 7.90. The van der Waals surface area contributed by atoms with Gasteiger partial charge in [0.25, 0.3) is 0 Å². The fourth-order valence-electron chi connectivity index (χ4n) is 1.37. The van der Waals surface area contributed by atoms with E-state index in [1.807, 2.05) is 13.0 Å². The fourth-order valence-corrected chi connectivity index (χ4v) is 1.61. The number of fused-ring (bicyclic) bond motifs is 1. The van der Waals surface area contributed by atoms with E-state index in [1.54, 1.807) is 13.0 Å². The van der Waals surface area contributed by atoms with Gasteiger partial charge < -0.3 is 5.11 Å². The SMILES string of the molecule is Cc1nc([O-])c2c(Cl)c(C)ccc2n1. The molecule has 0 radical (unpaired) electrons. The van der Waals surface area contributed by atoms with Crippen molar-refractivity contribution in [2.24, 2.45) is 0 Å². The first-order chi connectivity index (χ1) is 6.59. The Morgan fingerprint density at radius 1 is 1.21 bits per heavy atom. The van der Waals surface area contributed by atoms with Crippen LogP contribution >= 0.6 is 11.6 Å². The summed E-state index contributed by atoms with van der Waals surface area (Å²) < 4.78 is 0. The van der Waals surface area contributed by atoms with Gasteiger partial charge in [-0.25, -0.2) is 9.97 Å². The average molecular weight is 208 g/mol. The van der Waals surface area contributed by atoms with Crippen LogP contribution in [-0.4, -0.2) is 9.97 Å². The number of rotatable bonds is 0. The predicted octanol–water partition coefficient (Wildman–Crippen LogP) is 1.97. The molecule has 3 nitrogen and oxygen atoms in total. The van der Waals surface area contributed by atoms with Crippen molar-refractivity contribution in [2.45, 2.75) is 13.8 Å². The Labute approximate surface area is 86.4 Å². The van der Waals surface area contributed by atoms with Crippen LogP contribution in [0, 0.1) is 13.8 Å². The van der Waals surface area contributed by atoms with Crippen molar-refractivity contribution < 1.29 is 5.11 Å². The van der Waals surface area contributed by atoms with Gasteiger partial charge in [-0.3, -0.25) is 0 Å². The van der Waals surface area contributed by atoms with Gasteiger partial charge in [0, 0.05) is 11.3 Å². The zero-order valence-electron chi connectivity index (χ0n) is 7.84. The molecule has 2 rings (SSSR count). The van der Waals surface area contributed by atoms with E-state index in [9.17, 15) is 5.11 Å². The molecular formula is C10H8ClN2O-. The number of hydrogen-bond donors (Lipinski definition) is 0. The fraction of sp³-hybridized carbons (Fsp3) is 0.200. The average Bonchev–Trinajstić information content (AvgIpc) is 2.10. The second-order valence-corrected chi connectivity index (χ2v) is 3.54. The molecule has 1 aromatic heterocycles. The van der Waals surface area contributed by atoms with Gasteiger partial charge in [-0.1, -0.05) is 17.7 Å². The summed E-state index contributed by atoms with van der Waals surface area (Å²) in [5.41, 5.74) is 1.47. The van der Waals surface area contributed by atoms with Crippen LogP contribution in [-0.2, 0) is 0 Å². The van der Waals surface area contributed by atoms with E-state index in [-0.39, 0.29) is 5.88 Å². The Morgan fingerprint density at radius 2 is 1.93 bits per heavy atom. The number of aryl methyl sites for hydroxylation is 2. The monoisotopic (exact) mass is 207 g/mol. The topological polar surface area (TPSA) is 48.8 Å². The van der Waals surface area contributed by atoms with E-state index < -0.39 is 0 Å². The van der Waals surface area contributed by atoms with E-state index in [0.717, 1.165) is 5.56 Å². The molecule has 0 bridgehead atoms. The first kappa shape index (κ1) is 9.21. The third-order valence-corrected chi connectivity index (χ3v) is 2.56. The van der Waals surface area contributed by atoms with Crippen LogP contribution in [0.3, 0.4) is 0 Å². The number of nitrogens with zero attached hydrogens (tertiary/aromatic N) is 2. The van der Waals surface area contributed by atoms with Crippen molar-refractivity contribution in [1.29, 1.82) is 0 Å². The van der Waals surface area contributed by atoms with Crippen LogP contribution in [0.15, 0.2) is 12.1 Å². The standard InChI is InChI=1S/C10H9ClN2O/c1-5-3-4-7-8(9(5)11)10(14)13-6(2)12-7/h3-4H,1-2H3,(H,12,13,14)/p-1. The maximum atomic E-state index is 11.5. The maximum absolute atomic E-state index is 11.5. The van der Waals surface area contributed by atoms with Gasteiger partial charge in [-0.15, -0.1) is 0 Å². The lowest BCUT2D eigenvalue weighted by Crippen LogP contribution is -2.00. The molecule has 0 saturated heterocycles. The molecule has 2 aromatic rings. The molecule has 0 saturated carbocycles. The summed E-state index contributed by atoms with van der Waals surface area (Å²) in [5, 5.41) is 12.4. The van der Waals surface area contributed by atoms with Crippen LogP contribution < -0.4 is 5.11 Å². The van der Waals surface area contributed by atoms with Gasteiger partial charge in [-0.2, -0.15) is 0 Å². The molecular weight excluding hydrogens is 200 g/mol. The summed E-state index contributed by atoms with van der Waals surface area (Å²) in [6, 6.07) is 3.63. The van der Waals surface area contributed by atoms with Crippen LogP contribution in [0.1, 0.15) is 11.4 Å². The first-order valence-electron chi connectivity index (χ1n) is 4.20. The van der Waals surface area contributed by atoms with E-state index >= 15 is 0 Å². The zero-order valence-corrected chi connectivity index (χ0v) is 8.59. The smallest absolute Gasteiger partial charge is 0.125 e. The second-order valence-electron chi connectivity index (χ2n) is 3.17. The van der Waals surface area contributed by atoms with Crippen molar-refractivity contribution in [3.8, 4) is 5.88 Å². The van der Waals surface area contributed by atoms with Gasteiger partial charge in [0.2, 0.25) is 0 Å². The largest absolute Gasteiger partial charge is 0.858 e. The highest BCUT2D eigenvalue weighted by Gasteiger charge is 2.05. The van der Waals surface area contributed by atoms with Crippen LogP contribution in [0.25, 0.3) is 10.9 Å². The molecule has 72 valence electrons. The molecule has 0 aliphatic carbocycles. The van der Waals surface area contributed by atoms with Crippen LogP contribution in [0.4, 0.5) is 0 Å². The summed E-state index contributed by atoms with van der Waals surface area (Å²) in [5.74, 6) is 0.170. The van der Waals surface area contributed by atoms with E-state index in [0.29, 0.717) is 21.7 Å². The molecule has 1 heterocycles. The molecule has 0 aliphatic rings. The third kappa shape index (κ3) is 1.30. The minimum Gasteiger partial charge on any atom is -0.858 e. The Kier molecular flexibility index (Phi) is 2.04. The van der Waals surface area contributed by atoms with Crippen molar-refractivity contribution in [1.82, 2.24) is 9.97 Å². The molecule has 14 heavy (non-hydrogen) atoms. The van der Waals surface area contributed by atoms with E-state index in [2.05, 4.69) is 9.97 Å². The lowest BCUT2D eigenvalue weighted by atomic mass is 10.1. The third-order valence-electron chi connectivity index (χ3n) is 2.07. The number of halogens is 1. The number of hydrogen-bond acceptors (Lipinski definition) is 3.